The predicted molar refractivity (Wildman–Crippen MR) is 85.5 cm³/mol. The summed E-state index contributed by atoms with van der Waals surface area (Å²) in [6.45, 7) is 0.420. The van der Waals surface area contributed by atoms with Gasteiger partial charge in [0.05, 0.1) is 17.2 Å². The van der Waals surface area contributed by atoms with E-state index in [1.807, 2.05) is 6.07 Å². The first kappa shape index (κ1) is 15.1. The fraction of sp³-hybridized carbons (Fsp3) is 0.125. The molecule has 4 nitrogen and oxygen atoms in total. The van der Waals surface area contributed by atoms with Crippen molar-refractivity contribution in [3.05, 3.63) is 63.6 Å². The molecular formula is C16H14BrN3O. The van der Waals surface area contributed by atoms with E-state index >= 15 is 0 Å². The van der Waals surface area contributed by atoms with Crippen molar-refractivity contribution in [2.24, 2.45) is 0 Å². The number of nitriles is 1. The van der Waals surface area contributed by atoms with Gasteiger partial charge in [-0.05, 0) is 35.9 Å². The van der Waals surface area contributed by atoms with E-state index in [1.165, 1.54) is 0 Å². The van der Waals surface area contributed by atoms with E-state index in [9.17, 15) is 4.79 Å². The normalized spacial score (nSPS) is 9.95. The minimum Gasteiger partial charge on any atom is -0.398 e. The number of carbonyl (C=O) groups excluding carboxylic acids is 1. The minimum absolute atomic E-state index is 0.151. The second-order valence-corrected chi connectivity index (χ2v) is 5.62. The fourth-order valence-electron chi connectivity index (χ4n) is 2.02. The Labute approximate surface area is 131 Å². The molecule has 2 rings (SSSR count). The molecule has 0 fully saturated rings. The van der Waals surface area contributed by atoms with Gasteiger partial charge < -0.3 is 10.6 Å². The van der Waals surface area contributed by atoms with Crippen LogP contribution in [0.15, 0.2) is 46.9 Å². The molecule has 2 aromatic carbocycles. The van der Waals surface area contributed by atoms with Crippen molar-refractivity contribution in [3.8, 4) is 6.07 Å². The number of carbonyl (C=O) groups is 1. The lowest BCUT2D eigenvalue weighted by Crippen LogP contribution is -2.27. The molecule has 21 heavy (non-hydrogen) atoms. The largest absolute Gasteiger partial charge is 0.398 e. The number of anilines is 1. The maximum atomic E-state index is 12.4. The fourth-order valence-corrected chi connectivity index (χ4v) is 2.40. The highest BCUT2D eigenvalue weighted by molar-refractivity contribution is 9.10. The number of nitrogens with zero attached hydrogens (tertiary/aromatic N) is 2. The molecule has 0 bridgehead atoms. The number of amides is 1. The van der Waals surface area contributed by atoms with Crippen LogP contribution in [-0.2, 0) is 6.54 Å². The third-order valence-corrected chi connectivity index (χ3v) is 3.56. The van der Waals surface area contributed by atoms with E-state index in [4.69, 9.17) is 11.0 Å². The molecule has 2 aromatic rings. The maximum Gasteiger partial charge on any atom is 0.255 e. The van der Waals surface area contributed by atoms with Crippen LogP contribution in [0.3, 0.4) is 0 Å². The van der Waals surface area contributed by atoms with Crippen molar-refractivity contribution in [3.63, 3.8) is 0 Å². The Kier molecular flexibility index (Phi) is 4.61. The first-order valence-electron chi connectivity index (χ1n) is 6.31. The maximum absolute atomic E-state index is 12.4. The number of halogens is 1. The molecule has 0 aliphatic carbocycles. The molecule has 0 unspecified atom stereocenters. The Bertz CT molecular complexity index is 722. The van der Waals surface area contributed by atoms with E-state index in [0.717, 1.165) is 10.0 Å². The zero-order chi connectivity index (χ0) is 15.4. The lowest BCUT2D eigenvalue weighted by Gasteiger charge is -2.18. The van der Waals surface area contributed by atoms with Gasteiger partial charge in [-0.3, -0.25) is 4.79 Å². The molecular weight excluding hydrogens is 330 g/mol. The Morgan fingerprint density at radius 2 is 2.10 bits per heavy atom. The third kappa shape index (κ3) is 3.61. The number of rotatable bonds is 3. The van der Waals surface area contributed by atoms with Gasteiger partial charge in [0.2, 0.25) is 0 Å². The smallest absolute Gasteiger partial charge is 0.255 e. The first-order valence-corrected chi connectivity index (χ1v) is 7.10. The molecule has 0 spiro atoms. The van der Waals surface area contributed by atoms with Gasteiger partial charge in [0.25, 0.3) is 5.91 Å². The summed E-state index contributed by atoms with van der Waals surface area (Å²) in [6, 6.07) is 14.5. The summed E-state index contributed by atoms with van der Waals surface area (Å²) in [5, 5.41) is 8.89. The van der Waals surface area contributed by atoms with Gasteiger partial charge in [-0.15, -0.1) is 0 Å². The summed E-state index contributed by atoms with van der Waals surface area (Å²) >= 11 is 3.32. The van der Waals surface area contributed by atoms with E-state index in [-0.39, 0.29) is 5.91 Å². The van der Waals surface area contributed by atoms with Crippen molar-refractivity contribution in [1.82, 2.24) is 4.90 Å². The van der Waals surface area contributed by atoms with E-state index in [1.54, 1.807) is 48.3 Å². The summed E-state index contributed by atoms with van der Waals surface area (Å²) in [4.78, 5) is 14.0. The third-order valence-electron chi connectivity index (χ3n) is 3.07. The van der Waals surface area contributed by atoms with Crippen LogP contribution in [0, 0.1) is 11.3 Å². The molecule has 5 heteroatoms. The average Bonchev–Trinajstić information content (AvgIpc) is 2.46. The standard InChI is InChI=1S/C16H14BrN3O/c1-20(10-12-4-2-3-11(7-12)9-18)16(21)14-6-5-13(17)8-15(14)19/h2-8H,10,19H2,1H3. The predicted octanol–water partition coefficient (Wildman–Crippen LogP) is 3.18. The Hall–Kier alpha value is -2.32. The molecule has 0 aliphatic heterocycles. The highest BCUT2D eigenvalue weighted by Crippen LogP contribution is 2.20. The molecule has 0 saturated carbocycles. The van der Waals surface area contributed by atoms with E-state index < -0.39 is 0 Å². The number of nitrogens with two attached hydrogens (primary N) is 1. The van der Waals surface area contributed by atoms with Crippen LogP contribution in [0.25, 0.3) is 0 Å². The highest BCUT2D eigenvalue weighted by atomic mass is 79.9. The first-order chi connectivity index (χ1) is 10.0. The van der Waals surface area contributed by atoms with Crippen LogP contribution in [-0.4, -0.2) is 17.9 Å². The summed E-state index contributed by atoms with van der Waals surface area (Å²) in [7, 11) is 1.71. The Morgan fingerprint density at radius 1 is 1.33 bits per heavy atom. The topological polar surface area (TPSA) is 70.1 Å². The van der Waals surface area contributed by atoms with Gasteiger partial charge in [0, 0.05) is 23.8 Å². The monoisotopic (exact) mass is 343 g/mol. The molecule has 0 aromatic heterocycles. The second-order valence-electron chi connectivity index (χ2n) is 4.70. The summed E-state index contributed by atoms with van der Waals surface area (Å²) in [5.74, 6) is -0.151. The number of benzene rings is 2. The van der Waals surface area contributed by atoms with Gasteiger partial charge in [0.15, 0.2) is 0 Å². The van der Waals surface area contributed by atoms with Crippen LogP contribution in [0.2, 0.25) is 0 Å². The van der Waals surface area contributed by atoms with Crippen molar-refractivity contribution < 1.29 is 4.79 Å². The van der Waals surface area contributed by atoms with Crippen LogP contribution in [0.4, 0.5) is 5.69 Å². The van der Waals surface area contributed by atoms with Crippen LogP contribution < -0.4 is 5.73 Å². The Balaban J connectivity index is 2.17. The number of hydrogen-bond donors (Lipinski definition) is 1. The van der Waals surface area contributed by atoms with Crippen molar-refractivity contribution >= 4 is 27.5 Å². The number of nitrogen functional groups attached to an aromatic ring is 1. The molecule has 0 aliphatic rings. The minimum atomic E-state index is -0.151. The van der Waals surface area contributed by atoms with Crippen LogP contribution in [0.5, 0.6) is 0 Å². The average molecular weight is 344 g/mol. The van der Waals surface area contributed by atoms with Crippen molar-refractivity contribution in [2.75, 3.05) is 12.8 Å². The molecule has 0 atom stereocenters. The molecule has 1 amide bonds. The van der Waals surface area contributed by atoms with E-state index in [2.05, 4.69) is 22.0 Å². The summed E-state index contributed by atoms with van der Waals surface area (Å²) in [5.41, 5.74) is 8.27. The quantitative estimate of drug-likeness (QED) is 0.870. The Morgan fingerprint density at radius 3 is 2.76 bits per heavy atom. The van der Waals surface area contributed by atoms with Crippen molar-refractivity contribution in [2.45, 2.75) is 6.54 Å². The zero-order valence-electron chi connectivity index (χ0n) is 11.5. The van der Waals surface area contributed by atoms with Gasteiger partial charge in [-0.1, -0.05) is 28.1 Å². The molecule has 2 N–H and O–H groups in total. The molecule has 0 heterocycles. The molecule has 0 radical (unpaired) electrons. The van der Waals surface area contributed by atoms with Gasteiger partial charge in [-0.2, -0.15) is 5.26 Å². The SMILES string of the molecule is CN(Cc1cccc(C#N)c1)C(=O)c1ccc(Br)cc1N. The van der Waals surface area contributed by atoms with Gasteiger partial charge in [0.1, 0.15) is 0 Å². The number of hydrogen-bond acceptors (Lipinski definition) is 3. The molecule has 0 saturated heterocycles. The van der Waals surface area contributed by atoms with Gasteiger partial charge >= 0.3 is 0 Å². The molecule has 106 valence electrons. The van der Waals surface area contributed by atoms with Crippen LogP contribution in [0.1, 0.15) is 21.5 Å². The lowest BCUT2D eigenvalue weighted by molar-refractivity contribution is 0.0786. The second kappa shape index (κ2) is 6.42. The summed E-state index contributed by atoms with van der Waals surface area (Å²) < 4.78 is 0.834. The van der Waals surface area contributed by atoms with E-state index in [0.29, 0.717) is 23.4 Å². The highest BCUT2D eigenvalue weighted by Gasteiger charge is 2.15. The van der Waals surface area contributed by atoms with Crippen molar-refractivity contribution in [1.29, 1.82) is 5.26 Å². The summed E-state index contributed by atoms with van der Waals surface area (Å²) in [6.07, 6.45) is 0. The lowest BCUT2D eigenvalue weighted by atomic mass is 10.1. The van der Waals surface area contributed by atoms with Gasteiger partial charge in [-0.25, -0.2) is 0 Å². The van der Waals surface area contributed by atoms with Crippen LogP contribution >= 0.6 is 15.9 Å². The zero-order valence-corrected chi connectivity index (χ0v) is 13.1.